The number of anilines is 1. The van der Waals surface area contributed by atoms with Crippen molar-refractivity contribution in [3.63, 3.8) is 0 Å². The second-order valence-electron chi connectivity index (χ2n) is 6.86. The molecular weight excluding hydrogens is 322 g/mol. The van der Waals surface area contributed by atoms with Crippen LogP contribution in [-0.2, 0) is 6.42 Å². The van der Waals surface area contributed by atoms with E-state index in [-0.39, 0.29) is 5.75 Å². The lowest BCUT2D eigenvalue weighted by Crippen LogP contribution is -2.30. The van der Waals surface area contributed by atoms with Crippen molar-refractivity contribution >= 4 is 11.9 Å². The Labute approximate surface area is 154 Å². The van der Waals surface area contributed by atoms with E-state index in [4.69, 9.17) is 10.7 Å². The van der Waals surface area contributed by atoms with Gasteiger partial charge in [0.05, 0.1) is 11.6 Å². The van der Waals surface area contributed by atoms with E-state index in [2.05, 4.69) is 24.5 Å². The molecule has 2 aromatic carbocycles. The third kappa shape index (κ3) is 3.48. The van der Waals surface area contributed by atoms with Gasteiger partial charge in [0.25, 0.3) is 0 Å². The van der Waals surface area contributed by atoms with Crippen LogP contribution in [0.4, 0.5) is 5.69 Å². The molecule has 3 rings (SSSR count). The maximum Gasteiger partial charge on any atom is 0.126 e. The quantitative estimate of drug-likeness (QED) is 0.628. The van der Waals surface area contributed by atoms with Crippen LogP contribution in [0.5, 0.6) is 5.75 Å². The molecule has 2 N–H and O–H groups in total. The Morgan fingerprint density at radius 1 is 1.35 bits per heavy atom. The molecule has 4 nitrogen and oxygen atoms in total. The predicted octanol–water partition coefficient (Wildman–Crippen LogP) is 4.28. The fourth-order valence-corrected chi connectivity index (χ4v) is 3.77. The lowest BCUT2D eigenvalue weighted by Gasteiger charge is -2.28. The van der Waals surface area contributed by atoms with Crippen molar-refractivity contribution in [3.8, 4) is 11.8 Å². The van der Waals surface area contributed by atoms with E-state index in [1.807, 2.05) is 30.3 Å². The molecule has 26 heavy (non-hydrogen) atoms. The van der Waals surface area contributed by atoms with Crippen LogP contribution in [0.25, 0.3) is 0 Å². The minimum atomic E-state index is 0.143. The number of benzene rings is 2. The molecule has 4 heteroatoms. The number of nitrogens with zero attached hydrogens (tertiary/aromatic N) is 2. The lowest BCUT2D eigenvalue weighted by molar-refractivity contribution is 0.474. The largest absolute Gasteiger partial charge is 0.507 e. The second kappa shape index (κ2) is 7.45. The number of hydrogen-bond donors (Lipinski definition) is 2. The summed E-state index contributed by atoms with van der Waals surface area (Å²) in [6.45, 7) is 7.44. The maximum absolute atomic E-state index is 10.0. The summed E-state index contributed by atoms with van der Waals surface area (Å²) in [5, 5.41) is 26.2. The highest BCUT2D eigenvalue weighted by atomic mass is 16.3. The first kappa shape index (κ1) is 17.8. The maximum atomic E-state index is 10.0. The number of nitrogens with one attached hydrogen (secondary N) is 1. The van der Waals surface area contributed by atoms with Crippen molar-refractivity contribution in [1.29, 1.82) is 10.7 Å². The van der Waals surface area contributed by atoms with Crippen molar-refractivity contribution in [1.82, 2.24) is 0 Å². The third-order valence-electron chi connectivity index (χ3n) is 5.29. The first-order valence-corrected chi connectivity index (χ1v) is 8.80. The summed E-state index contributed by atoms with van der Waals surface area (Å²) in [5.74, 6) is 0.528. The van der Waals surface area contributed by atoms with E-state index in [1.165, 1.54) is 11.1 Å². The molecule has 1 unspecified atom stereocenters. The van der Waals surface area contributed by atoms with E-state index in [0.717, 1.165) is 31.3 Å². The van der Waals surface area contributed by atoms with Crippen LogP contribution in [-0.4, -0.2) is 23.9 Å². The smallest absolute Gasteiger partial charge is 0.126 e. The lowest BCUT2D eigenvalue weighted by atomic mass is 9.89. The Bertz CT molecular complexity index is 864. The molecule has 1 fully saturated rings. The van der Waals surface area contributed by atoms with Gasteiger partial charge in [-0.3, -0.25) is 0 Å². The molecule has 0 radical (unpaired) electrons. The van der Waals surface area contributed by atoms with Gasteiger partial charge in [-0.1, -0.05) is 24.3 Å². The van der Waals surface area contributed by atoms with Crippen LogP contribution in [0.3, 0.4) is 0 Å². The Balaban J connectivity index is 1.70. The van der Waals surface area contributed by atoms with Gasteiger partial charge in [0.1, 0.15) is 5.75 Å². The molecule has 0 aliphatic carbocycles. The highest BCUT2D eigenvalue weighted by molar-refractivity contribution is 5.82. The third-order valence-corrected chi connectivity index (χ3v) is 5.29. The fraction of sp³-hybridized carbons (Fsp3) is 0.273. The topological polar surface area (TPSA) is 71.1 Å². The van der Waals surface area contributed by atoms with Crippen molar-refractivity contribution in [3.05, 3.63) is 71.3 Å². The zero-order valence-electron chi connectivity index (χ0n) is 14.9. The fourth-order valence-electron chi connectivity index (χ4n) is 3.77. The summed E-state index contributed by atoms with van der Waals surface area (Å²) in [6, 6.07) is 15.6. The van der Waals surface area contributed by atoms with Crippen molar-refractivity contribution in [2.45, 2.75) is 25.8 Å². The molecule has 2 aromatic rings. The highest BCUT2D eigenvalue weighted by Gasteiger charge is 2.32. The Hall–Kier alpha value is -3.06. The van der Waals surface area contributed by atoms with Gasteiger partial charge in [-0.05, 0) is 49.6 Å². The molecule has 0 spiro atoms. The van der Waals surface area contributed by atoms with Crippen LogP contribution < -0.4 is 4.90 Å². The Morgan fingerprint density at radius 2 is 2.08 bits per heavy atom. The molecular formula is C22H23N3O. The average Bonchev–Trinajstić information content (AvgIpc) is 3.04. The summed E-state index contributed by atoms with van der Waals surface area (Å²) in [4.78, 5) is 2.29. The summed E-state index contributed by atoms with van der Waals surface area (Å²) >= 11 is 0. The van der Waals surface area contributed by atoms with E-state index in [0.29, 0.717) is 23.1 Å². The van der Waals surface area contributed by atoms with Gasteiger partial charge in [0, 0.05) is 42.0 Å². The van der Waals surface area contributed by atoms with Gasteiger partial charge >= 0.3 is 0 Å². The number of phenolic OH excluding ortho intramolecular Hbond substituents is 1. The molecule has 1 heterocycles. The van der Waals surface area contributed by atoms with Crippen LogP contribution >= 0.6 is 0 Å². The van der Waals surface area contributed by atoms with Gasteiger partial charge in [-0.15, -0.1) is 0 Å². The van der Waals surface area contributed by atoms with E-state index < -0.39 is 0 Å². The molecule has 0 aromatic heterocycles. The minimum absolute atomic E-state index is 0.143. The number of hydrogen-bond acceptors (Lipinski definition) is 4. The zero-order chi connectivity index (χ0) is 18.7. The molecule has 0 amide bonds. The number of nitriles is 1. The average molecular weight is 345 g/mol. The highest BCUT2D eigenvalue weighted by Crippen LogP contribution is 2.36. The molecule has 0 bridgehead atoms. The van der Waals surface area contributed by atoms with E-state index in [9.17, 15) is 5.11 Å². The summed E-state index contributed by atoms with van der Waals surface area (Å²) in [7, 11) is 0. The predicted molar refractivity (Wildman–Crippen MR) is 105 cm³/mol. The molecule has 2 atom stereocenters. The Morgan fingerprint density at radius 3 is 2.69 bits per heavy atom. The first-order valence-electron chi connectivity index (χ1n) is 8.80. The van der Waals surface area contributed by atoms with E-state index >= 15 is 0 Å². The number of aromatic hydroxyl groups is 1. The number of rotatable bonds is 5. The Kier molecular flexibility index (Phi) is 5.09. The van der Waals surface area contributed by atoms with Crippen LogP contribution in [0, 0.1) is 22.7 Å². The number of phenols is 1. The van der Waals surface area contributed by atoms with Crippen molar-refractivity contribution in [2.75, 3.05) is 11.4 Å². The molecule has 1 saturated heterocycles. The SMILES string of the molecule is C=C(Cc1ccc(C#N)cc1)C1CCN(c2ccc(C=N)c(O)c2)[C@H]1C. The standard InChI is InChI=1S/C22H23N3O/c1-15(11-17-3-5-18(13-23)6-4-17)21-9-10-25(16(21)2)20-8-7-19(14-24)22(26)12-20/h3-8,12,14,16,21,24,26H,1,9-11H2,2H3/t16-,21?/m0/s1. The molecule has 0 saturated carbocycles. The second-order valence-corrected chi connectivity index (χ2v) is 6.86. The minimum Gasteiger partial charge on any atom is -0.507 e. The van der Waals surface area contributed by atoms with Gasteiger partial charge in [0.15, 0.2) is 0 Å². The van der Waals surface area contributed by atoms with Crippen molar-refractivity contribution in [2.24, 2.45) is 5.92 Å². The van der Waals surface area contributed by atoms with Crippen molar-refractivity contribution < 1.29 is 5.11 Å². The van der Waals surface area contributed by atoms with Gasteiger partial charge in [-0.25, -0.2) is 0 Å². The van der Waals surface area contributed by atoms with E-state index in [1.54, 1.807) is 12.1 Å². The molecule has 132 valence electrons. The monoisotopic (exact) mass is 345 g/mol. The van der Waals surface area contributed by atoms with Gasteiger partial charge in [0.2, 0.25) is 0 Å². The van der Waals surface area contributed by atoms with Crippen LogP contribution in [0.15, 0.2) is 54.6 Å². The normalized spacial score (nSPS) is 19.2. The first-order chi connectivity index (χ1) is 12.5. The molecule has 1 aliphatic heterocycles. The van der Waals surface area contributed by atoms with Gasteiger partial charge < -0.3 is 15.4 Å². The summed E-state index contributed by atoms with van der Waals surface area (Å²) < 4.78 is 0. The zero-order valence-corrected chi connectivity index (χ0v) is 14.9. The van der Waals surface area contributed by atoms with Crippen LogP contribution in [0.2, 0.25) is 0 Å². The summed E-state index contributed by atoms with van der Waals surface area (Å²) in [6.07, 6.45) is 3.00. The summed E-state index contributed by atoms with van der Waals surface area (Å²) in [5.41, 5.74) is 4.56. The molecule has 1 aliphatic rings. The van der Waals surface area contributed by atoms with Gasteiger partial charge in [-0.2, -0.15) is 5.26 Å². The van der Waals surface area contributed by atoms with Crippen LogP contribution in [0.1, 0.15) is 30.0 Å².